The molecule has 0 aliphatic heterocycles. The standard InChI is InChI=1S/C12H18N2OSi/c1-16(2,3)14(13-9-10-15)11-12-7-5-4-6-8-12/h4-10H,11H2,1-3H3. The van der Waals surface area contributed by atoms with Crippen LogP contribution in [0.25, 0.3) is 0 Å². The van der Waals surface area contributed by atoms with Crippen molar-refractivity contribution in [3.8, 4) is 0 Å². The molecule has 86 valence electrons. The lowest BCUT2D eigenvalue weighted by atomic mass is 10.2. The lowest BCUT2D eigenvalue weighted by Gasteiger charge is -2.31. The maximum Gasteiger partial charge on any atom is 0.169 e. The van der Waals surface area contributed by atoms with E-state index in [0.717, 1.165) is 12.8 Å². The number of carbonyl (C=O) groups excluding carboxylic acids is 1. The third-order valence-corrected chi connectivity index (χ3v) is 4.04. The summed E-state index contributed by atoms with van der Waals surface area (Å²) in [6, 6.07) is 10.2. The number of aldehydes is 1. The molecule has 0 amide bonds. The third kappa shape index (κ3) is 3.98. The van der Waals surface area contributed by atoms with Gasteiger partial charge in [-0.15, -0.1) is 0 Å². The molecule has 1 aromatic rings. The van der Waals surface area contributed by atoms with Gasteiger partial charge in [-0.2, -0.15) is 5.10 Å². The van der Waals surface area contributed by atoms with E-state index >= 15 is 0 Å². The monoisotopic (exact) mass is 234 g/mol. The van der Waals surface area contributed by atoms with Crippen LogP contribution in [0.3, 0.4) is 0 Å². The molecule has 0 N–H and O–H groups in total. The SMILES string of the molecule is C[Si](C)(C)N(Cc1ccccc1)N=CC=O. The van der Waals surface area contributed by atoms with Gasteiger partial charge >= 0.3 is 0 Å². The van der Waals surface area contributed by atoms with Crippen molar-refractivity contribution in [3.05, 3.63) is 35.9 Å². The molecule has 1 aromatic carbocycles. The summed E-state index contributed by atoms with van der Waals surface area (Å²) >= 11 is 0. The molecule has 0 aliphatic rings. The second-order valence-corrected chi connectivity index (χ2v) is 9.47. The molecule has 0 fully saturated rings. The van der Waals surface area contributed by atoms with E-state index < -0.39 is 8.24 Å². The number of hydrogen-bond donors (Lipinski definition) is 0. The summed E-state index contributed by atoms with van der Waals surface area (Å²) in [4.78, 5) is 10.3. The van der Waals surface area contributed by atoms with Gasteiger partial charge in [-0.05, 0) is 5.56 Å². The number of carbonyl (C=O) groups is 1. The van der Waals surface area contributed by atoms with Crippen LogP contribution < -0.4 is 0 Å². The Kier molecular flexibility index (Phi) is 4.43. The second kappa shape index (κ2) is 5.60. The van der Waals surface area contributed by atoms with Gasteiger partial charge in [-0.1, -0.05) is 50.0 Å². The highest BCUT2D eigenvalue weighted by Gasteiger charge is 2.22. The van der Waals surface area contributed by atoms with E-state index in [2.05, 4.69) is 36.9 Å². The van der Waals surface area contributed by atoms with E-state index in [1.165, 1.54) is 11.8 Å². The molecule has 3 nitrogen and oxygen atoms in total. The van der Waals surface area contributed by atoms with Crippen molar-refractivity contribution in [1.82, 2.24) is 4.67 Å². The number of benzene rings is 1. The average Bonchev–Trinajstić information content (AvgIpc) is 2.24. The maximum atomic E-state index is 10.3. The summed E-state index contributed by atoms with van der Waals surface area (Å²) in [5.74, 6) is 0. The number of nitrogens with zero attached hydrogens (tertiary/aromatic N) is 2. The largest absolute Gasteiger partial charge is 0.320 e. The van der Waals surface area contributed by atoms with Crippen LogP contribution in [-0.2, 0) is 11.3 Å². The zero-order valence-electron chi connectivity index (χ0n) is 10.1. The van der Waals surface area contributed by atoms with Gasteiger partial charge < -0.3 is 4.67 Å². The van der Waals surface area contributed by atoms with Crippen molar-refractivity contribution >= 4 is 20.7 Å². The van der Waals surface area contributed by atoms with Crippen molar-refractivity contribution in [2.24, 2.45) is 5.10 Å². The van der Waals surface area contributed by atoms with Crippen LogP contribution in [0.2, 0.25) is 19.6 Å². The van der Waals surface area contributed by atoms with E-state index in [4.69, 9.17) is 0 Å². The molecule has 0 heterocycles. The van der Waals surface area contributed by atoms with Crippen LogP contribution in [0.5, 0.6) is 0 Å². The Morgan fingerprint density at radius 3 is 2.38 bits per heavy atom. The molecule has 0 bridgehead atoms. The lowest BCUT2D eigenvalue weighted by Crippen LogP contribution is -2.41. The van der Waals surface area contributed by atoms with E-state index in [1.807, 2.05) is 22.9 Å². The number of hydrogen-bond acceptors (Lipinski definition) is 3. The Bertz CT molecular complexity index is 357. The van der Waals surface area contributed by atoms with Crippen LogP contribution >= 0.6 is 0 Å². The van der Waals surface area contributed by atoms with E-state index in [0.29, 0.717) is 0 Å². The summed E-state index contributed by atoms with van der Waals surface area (Å²) < 4.78 is 2.04. The summed E-state index contributed by atoms with van der Waals surface area (Å²) in [5, 5.41) is 4.21. The molecule has 1 rings (SSSR count). The van der Waals surface area contributed by atoms with Gasteiger partial charge in [0.1, 0.15) is 0 Å². The van der Waals surface area contributed by atoms with Gasteiger partial charge in [0.25, 0.3) is 0 Å². The molecular weight excluding hydrogens is 216 g/mol. The molecule has 0 unspecified atom stereocenters. The van der Waals surface area contributed by atoms with Crippen molar-refractivity contribution < 1.29 is 4.79 Å². The summed E-state index contributed by atoms with van der Waals surface area (Å²) in [6.45, 7) is 7.38. The van der Waals surface area contributed by atoms with Crippen LogP contribution in [0.1, 0.15) is 5.56 Å². The van der Waals surface area contributed by atoms with Crippen LogP contribution in [0, 0.1) is 0 Å². The Morgan fingerprint density at radius 2 is 1.88 bits per heavy atom. The molecule has 0 saturated heterocycles. The van der Waals surface area contributed by atoms with Gasteiger partial charge in [0.15, 0.2) is 14.5 Å². The summed E-state index contributed by atoms with van der Waals surface area (Å²) in [7, 11) is -1.53. The minimum Gasteiger partial charge on any atom is -0.320 e. The van der Waals surface area contributed by atoms with Crippen LogP contribution in [-0.4, -0.2) is 25.4 Å². The zero-order valence-corrected chi connectivity index (χ0v) is 11.1. The first kappa shape index (κ1) is 12.6. The molecule has 16 heavy (non-hydrogen) atoms. The lowest BCUT2D eigenvalue weighted by molar-refractivity contribution is -0.102. The van der Waals surface area contributed by atoms with E-state index in [1.54, 1.807) is 0 Å². The van der Waals surface area contributed by atoms with Gasteiger partial charge in [0, 0.05) is 0 Å². The first-order valence-corrected chi connectivity index (χ1v) is 8.78. The first-order chi connectivity index (χ1) is 7.54. The quantitative estimate of drug-likeness (QED) is 0.339. The van der Waals surface area contributed by atoms with Crippen molar-refractivity contribution in [1.29, 1.82) is 0 Å². The van der Waals surface area contributed by atoms with E-state index in [9.17, 15) is 4.79 Å². The molecule has 4 heteroatoms. The minimum absolute atomic E-state index is 0.720. The average molecular weight is 234 g/mol. The predicted molar refractivity (Wildman–Crippen MR) is 69.9 cm³/mol. The topological polar surface area (TPSA) is 32.7 Å². The smallest absolute Gasteiger partial charge is 0.169 e. The molecule has 0 atom stereocenters. The molecule has 0 saturated carbocycles. The fourth-order valence-electron chi connectivity index (χ4n) is 1.32. The Morgan fingerprint density at radius 1 is 1.25 bits per heavy atom. The molecule has 0 aliphatic carbocycles. The van der Waals surface area contributed by atoms with Crippen LogP contribution in [0.4, 0.5) is 0 Å². The number of hydrazone groups is 1. The Labute approximate surface area is 97.9 Å². The number of rotatable bonds is 5. The Hall–Kier alpha value is -1.42. The molecular formula is C12H18N2OSi. The zero-order chi connectivity index (χ0) is 12.0. The predicted octanol–water partition coefficient (Wildman–Crippen LogP) is 2.51. The fourth-order valence-corrected chi connectivity index (χ4v) is 2.39. The second-order valence-electron chi connectivity index (χ2n) is 4.61. The highest BCUT2D eigenvalue weighted by atomic mass is 28.3. The van der Waals surface area contributed by atoms with Gasteiger partial charge in [0.05, 0.1) is 12.8 Å². The van der Waals surface area contributed by atoms with Crippen molar-refractivity contribution in [2.45, 2.75) is 26.2 Å². The normalized spacial score (nSPS) is 11.7. The first-order valence-electron chi connectivity index (χ1n) is 5.33. The van der Waals surface area contributed by atoms with Crippen LogP contribution in [0.15, 0.2) is 35.4 Å². The third-order valence-electron chi connectivity index (χ3n) is 2.22. The highest BCUT2D eigenvalue weighted by Crippen LogP contribution is 2.14. The summed E-state index contributed by atoms with van der Waals surface area (Å²) in [6.07, 6.45) is 2.04. The van der Waals surface area contributed by atoms with Gasteiger partial charge in [-0.25, -0.2) is 0 Å². The van der Waals surface area contributed by atoms with Crippen molar-refractivity contribution in [2.75, 3.05) is 0 Å². The summed E-state index contributed by atoms with van der Waals surface area (Å²) in [5.41, 5.74) is 1.22. The fraction of sp³-hybridized carbons (Fsp3) is 0.333. The molecule has 0 radical (unpaired) electrons. The molecule has 0 aromatic heterocycles. The highest BCUT2D eigenvalue weighted by molar-refractivity contribution is 6.73. The minimum atomic E-state index is -1.53. The molecule has 0 spiro atoms. The van der Waals surface area contributed by atoms with Gasteiger partial charge in [-0.3, -0.25) is 4.79 Å². The van der Waals surface area contributed by atoms with Gasteiger partial charge in [0.2, 0.25) is 0 Å². The maximum absolute atomic E-state index is 10.3. The Balaban J connectivity index is 2.79. The van der Waals surface area contributed by atoms with Crippen molar-refractivity contribution in [3.63, 3.8) is 0 Å². The van der Waals surface area contributed by atoms with E-state index in [-0.39, 0.29) is 0 Å².